The fourth-order valence-corrected chi connectivity index (χ4v) is 2.48. The van der Waals surface area contributed by atoms with E-state index in [9.17, 15) is 0 Å². The summed E-state index contributed by atoms with van der Waals surface area (Å²) in [5.41, 5.74) is 8.18. The van der Waals surface area contributed by atoms with Crippen LogP contribution >= 0.6 is 0 Å². The first kappa shape index (κ1) is 10.4. The summed E-state index contributed by atoms with van der Waals surface area (Å²) in [7, 11) is 0. The number of aromatic nitrogens is 1. The molecule has 1 aliphatic rings. The minimum atomic E-state index is 0.249. The molecule has 1 aromatic heterocycles. The molecule has 3 N–H and O–H groups in total. The summed E-state index contributed by atoms with van der Waals surface area (Å²) in [5, 5.41) is 5.82. The molecule has 0 aliphatic heterocycles. The van der Waals surface area contributed by atoms with E-state index in [4.69, 9.17) is 5.73 Å². The van der Waals surface area contributed by atoms with Crippen LogP contribution in [0.25, 0.3) is 10.8 Å². The molecule has 3 rings (SSSR count). The second kappa shape index (κ2) is 3.62. The van der Waals surface area contributed by atoms with E-state index in [2.05, 4.69) is 23.3 Å². The van der Waals surface area contributed by atoms with Crippen molar-refractivity contribution in [3.05, 3.63) is 30.6 Å². The summed E-state index contributed by atoms with van der Waals surface area (Å²) < 4.78 is 0. The highest BCUT2D eigenvalue weighted by molar-refractivity contribution is 6.00. The number of nitrogens with zero attached hydrogens (tertiary/aromatic N) is 1. The fourth-order valence-electron chi connectivity index (χ4n) is 2.48. The van der Waals surface area contributed by atoms with E-state index in [1.165, 1.54) is 19.3 Å². The summed E-state index contributed by atoms with van der Waals surface area (Å²) in [6, 6.07) is 5.99. The Hall–Kier alpha value is -1.77. The first-order chi connectivity index (χ1) is 8.18. The van der Waals surface area contributed by atoms with Crippen LogP contribution < -0.4 is 11.1 Å². The summed E-state index contributed by atoms with van der Waals surface area (Å²) >= 11 is 0. The monoisotopic (exact) mass is 227 g/mol. The number of benzene rings is 1. The smallest absolute Gasteiger partial charge is 0.0441 e. The molecule has 0 amide bonds. The van der Waals surface area contributed by atoms with Crippen LogP contribution in [0.15, 0.2) is 30.6 Å². The van der Waals surface area contributed by atoms with E-state index in [-0.39, 0.29) is 5.54 Å². The summed E-state index contributed by atoms with van der Waals surface area (Å²) in [5.74, 6) is 0. The van der Waals surface area contributed by atoms with Crippen LogP contribution in [0.5, 0.6) is 0 Å². The van der Waals surface area contributed by atoms with Crippen LogP contribution in [0, 0.1) is 0 Å². The zero-order chi connectivity index (χ0) is 11.9. The van der Waals surface area contributed by atoms with Crippen LogP contribution in [0.2, 0.25) is 0 Å². The molecule has 0 radical (unpaired) electrons. The van der Waals surface area contributed by atoms with E-state index >= 15 is 0 Å². The normalized spacial score (nSPS) is 17.7. The Morgan fingerprint density at radius 1 is 1.24 bits per heavy atom. The maximum Gasteiger partial charge on any atom is 0.0441 e. The van der Waals surface area contributed by atoms with Gasteiger partial charge in [-0.2, -0.15) is 0 Å². The average molecular weight is 227 g/mol. The lowest BCUT2D eigenvalue weighted by molar-refractivity contribution is 0.307. The van der Waals surface area contributed by atoms with Crippen molar-refractivity contribution in [3.8, 4) is 0 Å². The predicted molar refractivity (Wildman–Crippen MR) is 72.0 cm³/mol. The number of rotatable bonds is 2. The van der Waals surface area contributed by atoms with Gasteiger partial charge in [0.05, 0.1) is 0 Å². The number of anilines is 2. The molecule has 0 spiro atoms. The molecule has 1 heterocycles. The lowest BCUT2D eigenvalue weighted by Gasteiger charge is -2.40. The third-order valence-corrected chi connectivity index (χ3v) is 3.75. The van der Waals surface area contributed by atoms with Gasteiger partial charge < -0.3 is 11.1 Å². The first-order valence-corrected chi connectivity index (χ1v) is 6.08. The maximum atomic E-state index is 5.98. The van der Waals surface area contributed by atoms with E-state index in [1.54, 1.807) is 6.20 Å². The van der Waals surface area contributed by atoms with Crippen molar-refractivity contribution in [2.24, 2.45) is 0 Å². The minimum Gasteiger partial charge on any atom is -0.398 e. The molecule has 1 aliphatic carbocycles. The quantitative estimate of drug-likeness (QED) is 0.775. The SMILES string of the molecule is CC1(Nc2ccc(N)c3ccncc23)CCC1. The number of fused-ring (bicyclic) bond motifs is 1. The molecular weight excluding hydrogens is 210 g/mol. The van der Waals surface area contributed by atoms with Gasteiger partial charge in [-0.25, -0.2) is 0 Å². The van der Waals surface area contributed by atoms with Crippen molar-refractivity contribution in [3.63, 3.8) is 0 Å². The van der Waals surface area contributed by atoms with Crippen molar-refractivity contribution < 1.29 is 0 Å². The zero-order valence-electron chi connectivity index (χ0n) is 10.0. The summed E-state index contributed by atoms with van der Waals surface area (Å²) in [6.07, 6.45) is 7.45. The highest BCUT2D eigenvalue weighted by atomic mass is 15.0. The lowest BCUT2D eigenvalue weighted by atomic mass is 9.78. The average Bonchev–Trinajstić information content (AvgIpc) is 2.31. The molecule has 1 fully saturated rings. The van der Waals surface area contributed by atoms with Crippen LogP contribution in [-0.4, -0.2) is 10.5 Å². The third kappa shape index (κ3) is 1.71. The Morgan fingerprint density at radius 3 is 2.76 bits per heavy atom. The molecule has 3 heteroatoms. The molecule has 0 bridgehead atoms. The van der Waals surface area contributed by atoms with Gasteiger partial charge in [0.25, 0.3) is 0 Å². The largest absolute Gasteiger partial charge is 0.398 e. The Labute approximate surface area is 101 Å². The highest BCUT2D eigenvalue weighted by Gasteiger charge is 2.31. The van der Waals surface area contributed by atoms with Gasteiger partial charge in [0, 0.05) is 40.1 Å². The first-order valence-electron chi connectivity index (χ1n) is 6.08. The second-order valence-electron chi connectivity index (χ2n) is 5.16. The third-order valence-electron chi connectivity index (χ3n) is 3.75. The van der Waals surface area contributed by atoms with Crippen molar-refractivity contribution in [1.82, 2.24) is 4.98 Å². The van der Waals surface area contributed by atoms with Gasteiger partial charge in [-0.05, 0) is 44.4 Å². The van der Waals surface area contributed by atoms with Crippen LogP contribution in [0.3, 0.4) is 0 Å². The lowest BCUT2D eigenvalue weighted by Crippen LogP contribution is -2.41. The number of hydrogen-bond acceptors (Lipinski definition) is 3. The van der Waals surface area contributed by atoms with Crippen molar-refractivity contribution >= 4 is 22.1 Å². The predicted octanol–water partition coefficient (Wildman–Crippen LogP) is 3.17. The number of hydrogen-bond donors (Lipinski definition) is 2. The van der Waals surface area contributed by atoms with Gasteiger partial charge in [-0.1, -0.05) is 0 Å². The Bertz CT molecular complexity index is 558. The van der Waals surface area contributed by atoms with Gasteiger partial charge in [-0.3, -0.25) is 4.98 Å². The van der Waals surface area contributed by atoms with Crippen molar-refractivity contribution in [2.75, 3.05) is 11.1 Å². The Kier molecular flexibility index (Phi) is 2.21. The van der Waals surface area contributed by atoms with E-state index in [1.807, 2.05) is 18.3 Å². The van der Waals surface area contributed by atoms with Crippen molar-refractivity contribution in [1.29, 1.82) is 0 Å². The van der Waals surface area contributed by atoms with Gasteiger partial charge in [0.15, 0.2) is 0 Å². The van der Waals surface area contributed by atoms with Crippen LogP contribution in [0.1, 0.15) is 26.2 Å². The second-order valence-corrected chi connectivity index (χ2v) is 5.16. The van der Waals surface area contributed by atoms with Crippen LogP contribution in [0.4, 0.5) is 11.4 Å². The molecule has 0 saturated heterocycles. The molecule has 0 unspecified atom stereocenters. The van der Waals surface area contributed by atoms with E-state index < -0.39 is 0 Å². The standard InChI is InChI=1S/C14H17N3/c1-14(6-2-7-14)17-13-4-3-12(15)10-5-8-16-9-11(10)13/h3-5,8-9,17H,2,6-7,15H2,1H3. The topological polar surface area (TPSA) is 50.9 Å². The molecular formula is C14H17N3. The number of nitrogens with one attached hydrogen (secondary N) is 1. The van der Waals surface area contributed by atoms with Gasteiger partial charge >= 0.3 is 0 Å². The highest BCUT2D eigenvalue weighted by Crippen LogP contribution is 2.37. The molecule has 1 aromatic carbocycles. The maximum absolute atomic E-state index is 5.98. The number of nitrogens with two attached hydrogens (primary N) is 1. The van der Waals surface area contributed by atoms with Gasteiger partial charge in [0.1, 0.15) is 0 Å². The van der Waals surface area contributed by atoms with Gasteiger partial charge in [-0.15, -0.1) is 0 Å². The van der Waals surface area contributed by atoms with Crippen molar-refractivity contribution in [2.45, 2.75) is 31.7 Å². The zero-order valence-corrected chi connectivity index (χ0v) is 10.0. The molecule has 2 aromatic rings. The molecule has 1 saturated carbocycles. The van der Waals surface area contributed by atoms with Crippen LogP contribution in [-0.2, 0) is 0 Å². The summed E-state index contributed by atoms with van der Waals surface area (Å²) in [6.45, 7) is 2.27. The molecule has 3 nitrogen and oxygen atoms in total. The Balaban J connectivity index is 2.07. The number of nitrogen functional groups attached to an aromatic ring is 1. The fraction of sp³-hybridized carbons (Fsp3) is 0.357. The number of pyridine rings is 1. The van der Waals surface area contributed by atoms with Gasteiger partial charge in [0.2, 0.25) is 0 Å². The van der Waals surface area contributed by atoms with E-state index in [0.717, 1.165) is 22.1 Å². The molecule has 17 heavy (non-hydrogen) atoms. The van der Waals surface area contributed by atoms with E-state index in [0.29, 0.717) is 0 Å². The molecule has 88 valence electrons. The molecule has 0 atom stereocenters. The summed E-state index contributed by atoms with van der Waals surface area (Å²) in [4.78, 5) is 4.19. The Morgan fingerprint density at radius 2 is 2.06 bits per heavy atom. The minimum absolute atomic E-state index is 0.249.